The van der Waals surface area contributed by atoms with Crippen molar-refractivity contribution in [1.29, 1.82) is 0 Å². The molecule has 3 aromatic rings. The number of phenolic OH excluding ortho intramolecular Hbond substituents is 1. The van der Waals surface area contributed by atoms with E-state index in [1.54, 1.807) is 54.8 Å². The van der Waals surface area contributed by atoms with Crippen molar-refractivity contribution in [2.75, 3.05) is 19.0 Å². The molecule has 0 aliphatic rings. The fourth-order valence-corrected chi connectivity index (χ4v) is 2.60. The molecular formula is C24H22N2O2. The highest BCUT2D eigenvalue weighted by molar-refractivity contribution is 6.07. The second-order valence-corrected chi connectivity index (χ2v) is 6.55. The zero-order chi connectivity index (χ0) is 19.9. The first-order chi connectivity index (χ1) is 13.5. The monoisotopic (exact) mass is 370 g/mol. The summed E-state index contributed by atoms with van der Waals surface area (Å²) < 4.78 is 0. The van der Waals surface area contributed by atoms with Gasteiger partial charge in [-0.25, -0.2) is 0 Å². The molecule has 0 saturated carbocycles. The Bertz CT molecular complexity index is 1000. The molecule has 0 unspecified atom stereocenters. The first-order valence-electron chi connectivity index (χ1n) is 8.95. The maximum atomic E-state index is 12.4. The molecule has 0 atom stereocenters. The lowest BCUT2D eigenvalue weighted by Crippen LogP contribution is -2.07. The fourth-order valence-electron chi connectivity index (χ4n) is 2.60. The largest absolute Gasteiger partial charge is 0.507 e. The lowest BCUT2D eigenvalue weighted by atomic mass is 10.1. The number of phenols is 1. The first-order valence-corrected chi connectivity index (χ1v) is 8.95. The zero-order valence-corrected chi connectivity index (χ0v) is 15.9. The molecule has 0 radical (unpaired) electrons. The summed E-state index contributed by atoms with van der Waals surface area (Å²) in [6.07, 6.45) is 4.99. The number of nitrogens with zero attached hydrogens (tertiary/aromatic N) is 2. The van der Waals surface area contributed by atoms with E-state index in [0.717, 1.165) is 11.3 Å². The van der Waals surface area contributed by atoms with E-state index in [2.05, 4.69) is 4.99 Å². The van der Waals surface area contributed by atoms with E-state index in [0.29, 0.717) is 16.8 Å². The topological polar surface area (TPSA) is 52.9 Å². The number of aliphatic imine (C=N–C) groups is 1. The third-order valence-corrected chi connectivity index (χ3v) is 4.28. The molecule has 4 nitrogen and oxygen atoms in total. The molecule has 3 aromatic carbocycles. The molecule has 0 bridgehead atoms. The number of allylic oxidation sites excluding steroid dienone is 1. The molecule has 0 fully saturated rings. The molecule has 28 heavy (non-hydrogen) atoms. The van der Waals surface area contributed by atoms with E-state index in [4.69, 9.17) is 0 Å². The van der Waals surface area contributed by atoms with Crippen LogP contribution in [0.4, 0.5) is 11.4 Å². The number of anilines is 1. The van der Waals surface area contributed by atoms with Gasteiger partial charge in [0, 0.05) is 37.1 Å². The normalized spacial score (nSPS) is 11.2. The summed E-state index contributed by atoms with van der Waals surface area (Å²) >= 11 is 0. The highest BCUT2D eigenvalue weighted by Gasteiger charge is 2.02. The molecule has 0 saturated heterocycles. The van der Waals surface area contributed by atoms with Crippen molar-refractivity contribution < 1.29 is 9.90 Å². The van der Waals surface area contributed by atoms with Crippen molar-refractivity contribution in [3.8, 4) is 5.75 Å². The average molecular weight is 370 g/mol. The van der Waals surface area contributed by atoms with Gasteiger partial charge in [0.2, 0.25) is 0 Å². The summed E-state index contributed by atoms with van der Waals surface area (Å²) in [6.45, 7) is 0. The lowest BCUT2D eigenvalue weighted by Gasteiger charge is -2.11. The lowest BCUT2D eigenvalue weighted by molar-refractivity contribution is 0.104. The van der Waals surface area contributed by atoms with Crippen molar-refractivity contribution in [1.82, 2.24) is 0 Å². The second kappa shape index (κ2) is 8.82. The Morgan fingerprint density at radius 1 is 0.929 bits per heavy atom. The summed E-state index contributed by atoms with van der Waals surface area (Å²) in [6, 6.07) is 22.1. The number of rotatable bonds is 6. The molecule has 0 aliphatic carbocycles. The average Bonchev–Trinajstić information content (AvgIpc) is 2.72. The molecule has 4 heteroatoms. The van der Waals surface area contributed by atoms with Crippen LogP contribution in [0, 0.1) is 0 Å². The van der Waals surface area contributed by atoms with Crippen molar-refractivity contribution in [2.24, 2.45) is 4.99 Å². The number of para-hydroxylation sites is 1. The SMILES string of the molecule is CN(C)c1ccc(/C=C/C(=O)c2ccc(/N=C/c3ccccc3O)cc2)cc1. The molecule has 0 spiro atoms. The Morgan fingerprint density at radius 2 is 1.61 bits per heavy atom. The van der Waals surface area contributed by atoms with Crippen LogP contribution in [0.1, 0.15) is 21.5 Å². The van der Waals surface area contributed by atoms with E-state index in [1.165, 1.54) is 0 Å². The Hall–Kier alpha value is -3.66. The van der Waals surface area contributed by atoms with E-state index in [1.807, 2.05) is 55.4 Å². The summed E-state index contributed by atoms with van der Waals surface area (Å²) in [4.78, 5) is 18.7. The third-order valence-electron chi connectivity index (χ3n) is 4.28. The minimum Gasteiger partial charge on any atom is -0.507 e. The number of hydrogen-bond donors (Lipinski definition) is 1. The van der Waals surface area contributed by atoms with Gasteiger partial charge in [0.1, 0.15) is 5.75 Å². The maximum absolute atomic E-state index is 12.4. The van der Waals surface area contributed by atoms with Crippen LogP contribution < -0.4 is 4.90 Å². The van der Waals surface area contributed by atoms with E-state index < -0.39 is 0 Å². The Kier molecular flexibility index (Phi) is 6.02. The molecule has 0 aliphatic heterocycles. The van der Waals surface area contributed by atoms with Crippen LogP contribution in [0.5, 0.6) is 5.75 Å². The van der Waals surface area contributed by atoms with Gasteiger partial charge in [0.05, 0.1) is 5.69 Å². The summed E-state index contributed by atoms with van der Waals surface area (Å²) in [5, 5.41) is 9.75. The van der Waals surface area contributed by atoms with Crippen molar-refractivity contribution in [3.63, 3.8) is 0 Å². The smallest absolute Gasteiger partial charge is 0.185 e. The van der Waals surface area contributed by atoms with Crippen LogP contribution >= 0.6 is 0 Å². The third kappa shape index (κ3) is 4.95. The van der Waals surface area contributed by atoms with Gasteiger partial charge in [-0.3, -0.25) is 9.79 Å². The maximum Gasteiger partial charge on any atom is 0.185 e. The molecule has 1 N–H and O–H groups in total. The van der Waals surface area contributed by atoms with Crippen LogP contribution in [-0.4, -0.2) is 31.2 Å². The van der Waals surface area contributed by atoms with Crippen molar-refractivity contribution in [3.05, 3.63) is 95.6 Å². The summed E-state index contributed by atoms with van der Waals surface area (Å²) in [5.74, 6) is 0.120. The van der Waals surface area contributed by atoms with Crippen LogP contribution in [-0.2, 0) is 0 Å². The summed E-state index contributed by atoms with van der Waals surface area (Å²) in [5.41, 5.74) is 4.04. The summed E-state index contributed by atoms with van der Waals surface area (Å²) in [7, 11) is 3.98. The number of hydrogen-bond acceptors (Lipinski definition) is 4. The highest BCUT2D eigenvalue weighted by Crippen LogP contribution is 2.18. The molecule has 3 rings (SSSR count). The van der Waals surface area contributed by atoms with Crippen molar-refractivity contribution >= 4 is 29.4 Å². The van der Waals surface area contributed by atoms with Gasteiger partial charge < -0.3 is 10.0 Å². The van der Waals surface area contributed by atoms with Crippen LogP contribution in [0.25, 0.3) is 6.08 Å². The van der Waals surface area contributed by atoms with Gasteiger partial charge in [-0.2, -0.15) is 0 Å². The van der Waals surface area contributed by atoms with Crippen LogP contribution in [0.15, 0.2) is 83.9 Å². The van der Waals surface area contributed by atoms with Crippen molar-refractivity contribution in [2.45, 2.75) is 0 Å². The molecule has 0 amide bonds. The number of benzene rings is 3. The predicted octanol–water partition coefficient (Wildman–Crippen LogP) is 5.10. The first kappa shape index (κ1) is 19.1. The standard InChI is InChI=1S/C24H22N2O2/c1-26(2)22-14-7-18(8-15-22)9-16-24(28)19-10-12-21(13-11-19)25-17-20-5-3-4-6-23(20)27/h3-17,27H,1-2H3/b16-9+,25-17+. The molecule has 0 aromatic heterocycles. The zero-order valence-electron chi connectivity index (χ0n) is 15.9. The fraction of sp³-hybridized carbons (Fsp3) is 0.0833. The van der Waals surface area contributed by atoms with Gasteiger partial charge in [0.15, 0.2) is 5.78 Å². The van der Waals surface area contributed by atoms with Gasteiger partial charge in [0.25, 0.3) is 0 Å². The van der Waals surface area contributed by atoms with Gasteiger partial charge in [-0.1, -0.05) is 30.3 Å². The van der Waals surface area contributed by atoms with Crippen LogP contribution in [0.3, 0.4) is 0 Å². The molecule has 140 valence electrons. The minimum atomic E-state index is -0.0621. The quantitative estimate of drug-likeness (QED) is 0.373. The number of ketones is 1. The van der Waals surface area contributed by atoms with Gasteiger partial charge >= 0.3 is 0 Å². The van der Waals surface area contributed by atoms with Crippen LogP contribution in [0.2, 0.25) is 0 Å². The van der Waals surface area contributed by atoms with E-state index in [9.17, 15) is 9.90 Å². The minimum absolute atomic E-state index is 0.0621. The molecule has 0 heterocycles. The Balaban J connectivity index is 1.65. The molecular weight excluding hydrogens is 348 g/mol. The second-order valence-electron chi connectivity index (χ2n) is 6.55. The van der Waals surface area contributed by atoms with E-state index >= 15 is 0 Å². The Labute approximate surface area is 165 Å². The number of carbonyl (C=O) groups excluding carboxylic acids is 1. The van der Waals surface area contributed by atoms with Gasteiger partial charge in [-0.15, -0.1) is 0 Å². The highest BCUT2D eigenvalue weighted by atomic mass is 16.3. The van der Waals surface area contributed by atoms with E-state index in [-0.39, 0.29) is 11.5 Å². The Morgan fingerprint density at radius 3 is 2.25 bits per heavy atom. The number of aromatic hydroxyl groups is 1. The number of carbonyl (C=O) groups is 1. The van der Waals surface area contributed by atoms with Gasteiger partial charge in [-0.05, 0) is 60.2 Å². The predicted molar refractivity (Wildman–Crippen MR) is 116 cm³/mol.